The van der Waals surface area contributed by atoms with E-state index in [4.69, 9.17) is 21.1 Å². The standard InChI is InChI=1S/C35H37FN6O5.C12H21ClN2O3/c1-35(2,3)47-33(45)38-17-21-7-10-39(11-8-21)34(46)41-13-12-40-20-25(24-15-23(36)14-22(19-41)32(24)40)30-27(43)16-28(44)31(30)26-18-37-29-6-4-5-9-42(26)29;1-12(2,3)18-11(17)14-8-9-4-6-15(7-5-9)10(13)16/h4-6,9,14-15,18,20-21H,7-8,10-13,16-17,19H2,1-3H3,(H,38,45);9H,4-8H2,1-3H3,(H,14,17). The molecule has 4 aromatic rings. The summed E-state index contributed by atoms with van der Waals surface area (Å²) in [6.07, 6.45) is 7.34. The number of aromatic nitrogens is 3. The number of carbonyl (C=O) groups excluding carboxylic acids is 6. The first-order chi connectivity index (χ1) is 30.7. The zero-order valence-electron chi connectivity index (χ0n) is 37.9. The molecule has 0 bridgehead atoms. The number of amides is 5. The molecule has 65 heavy (non-hydrogen) atoms. The number of urea groups is 1. The van der Waals surface area contributed by atoms with E-state index < -0.39 is 34.6 Å². The molecule has 0 spiro atoms. The van der Waals surface area contributed by atoms with Gasteiger partial charge >= 0.3 is 23.6 Å². The lowest BCUT2D eigenvalue weighted by Gasteiger charge is -2.35. The molecule has 0 radical (unpaired) electrons. The van der Waals surface area contributed by atoms with Crippen molar-refractivity contribution in [1.29, 1.82) is 0 Å². The molecule has 0 atom stereocenters. The number of alkyl carbamates (subject to hydrolysis) is 2. The van der Waals surface area contributed by atoms with Gasteiger partial charge in [-0.15, -0.1) is 0 Å². The van der Waals surface area contributed by atoms with E-state index in [0.29, 0.717) is 86.1 Å². The molecule has 3 aliphatic heterocycles. The van der Waals surface area contributed by atoms with Gasteiger partial charge < -0.3 is 39.4 Å². The molecular formula is C47H58ClFN8O8. The zero-order chi connectivity index (χ0) is 46.8. The summed E-state index contributed by atoms with van der Waals surface area (Å²) in [6.45, 7) is 15.5. The van der Waals surface area contributed by atoms with E-state index in [2.05, 4.69) is 15.6 Å². The largest absolute Gasteiger partial charge is 0.444 e. The summed E-state index contributed by atoms with van der Waals surface area (Å²) in [6, 6.07) is 8.25. The number of ketones is 2. The van der Waals surface area contributed by atoms with Crippen LogP contribution in [0.2, 0.25) is 0 Å². The van der Waals surface area contributed by atoms with E-state index in [1.807, 2.05) is 75.4 Å². The molecule has 8 rings (SSSR count). The van der Waals surface area contributed by atoms with E-state index >= 15 is 4.39 Å². The Hall–Kier alpha value is -5.97. The number of allylic oxidation sites excluding steroid dienone is 2. The summed E-state index contributed by atoms with van der Waals surface area (Å²) >= 11 is 5.40. The molecule has 1 aliphatic carbocycles. The Morgan fingerprint density at radius 1 is 0.785 bits per heavy atom. The highest BCUT2D eigenvalue weighted by molar-refractivity contribution is 6.62. The van der Waals surface area contributed by atoms with Crippen LogP contribution in [0.3, 0.4) is 0 Å². The van der Waals surface area contributed by atoms with Crippen LogP contribution in [0.1, 0.15) is 90.5 Å². The number of hydrogen-bond acceptors (Lipinski definition) is 9. The highest BCUT2D eigenvalue weighted by Gasteiger charge is 2.37. The number of nitrogens with one attached hydrogen (secondary N) is 2. The fourth-order valence-electron chi connectivity index (χ4n) is 8.86. The quantitative estimate of drug-likeness (QED) is 0.112. The summed E-state index contributed by atoms with van der Waals surface area (Å²) in [5.74, 6) is -0.457. The maximum atomic E-state index is 15.3. The normalized spacial score (nSPS) is 17.6. The number of rotatable bonds is 6. The molecule has 6 heterocycles. The molecule has 3 aromatic heterocycles. The Balaban J connectivity index is 0.000000295. The molecule has 2 saturated heterocycles. The van der Waals surface area contributed by atoms with Crippen molar-refractivity contribution in [3.8, 4) is 0 Å². The second-order valence-corrected chi connectivity index (χ2v) is 19.4. The number of halogens is 2. The Bertz CT molecular complexity index is 2520. The van der Waals surface area contributed by atoms with Crippen molar-refractivity contribution in [2.75, 3.05) is 45.8 Å². The minimum Gasteiger partial charge on any atom is -0.444 e. The number of carbonyl (C=O) groups is 6. The van der Waals surface area contributed by atoms with Crippen LogP contribution in [0.5, 0.6) is 0 Å². The molecular weight excluding hydrogens is 859 g/mol. The second kappa shape index (κ2) is 19.2. The average molecular weight is 917 g/mol. The fourth-order valence-corrected chi connectivity index (χ4v) is 9.03. The molecule has 18 heteroatoms. The van der Waals surface area contributed by atoms with Gasteiger partial charge in [0.1, 0.15) is 22.7 Å². The van der Waals surface area contributed by atoms with Gasteiger partial charge in [0.05, 0.1) is 29.4 Å². The van der Waals surface area contributed by atoms with Crippen LogP contribution in [0.4, 0.5) is 23.6 Å². The van der Waals surface area contributed by atoms with Gasteiger partial charge in [-0.05, 0) is 120 Å². The van der Waals surface area contributed by atoms with Gasteiger partial charge in [-0.3, -0.25) is 18.8 Å². The van der Waals surface area contributed by atoms with Gasteiger partial charge in [-0.25, -0.2) is 23.8 Å². The van der Waals surface area contributed by atoms with Crippen LogP contribution < -0.4 is 10.6 Å². The third-order valence-corrected chi connectivity index (χ3v) is 12.2. The van der Waals surface area contributed by atoms with E-state index in [0.717, 1.165) is 31.2 Å². The molecule has 2 fully saturated rings. The first kappa shape index (κ1) is 47.0. The summed E-state index contributed by atoms with van der Waals surface area (Å²) in [5, 5.41) is 5.74. The summed E-state index contributed by atoms with van der Waals surface area (Å²) in [5.41, 5.74) is 2.61. The average Bonchev–Trinajstić information content (AvgIpc) is 3.87. The van der Waals surface area contributed by atoms with Gasteiger partial charge in [0.25, 0.3) is 0 Å². The molecule has 0 saturated carbocycles. The molecule has 4 aliphatic rings. The third-order valence-electron chi connectivity index (χ3n) is 11.9. The number of hydrogen-bond donors (Lipinski definition) is 2. The lowest BCUT2D eigenvalue weighted by atomic mass is 9.97. The van der Waals surface area contributed by atoms with Crippen LogP contribution in [-0.4, -0.2) is 121 Å². The van der Waals surface area contributed by atoms with Gasteiger partial charge in [0.2, 0.25) is 0 Å². The first-order valence-corrected chi connectivity index (χ1v) is 22.6. The highest BCUT2D eigenvalue weighted by Crippen LogP contribution is 2.41. The van der Waals surface area contributed by atoms with Crippen molar-refractivity contribution in [2.24, 2.45) is 11.8 Å². The minimum atomic E-state index is -0.564. The molecule has 0 unspecified atom stereocenters. The van der Waals surface area contributed by atoms with Gasteiger partial charge in [0.15, 0.2) is 11.6 Å². The smallest absolute Gasteiger partial charge is 0.407 e. The van der Waals surface area contributed by atoms with Crippen molar-refractivity contribution in [2.45, 2.75) is 97.9 Å². The van der Waals surface area contributed by atoms with Crippen LogP contribution in [0.15, 0.2) is 48.9 Å². The fraction of sp³-hybridized carbons (Fsp3) is 0.511. The van der Waals surface area contributed by atoms with Crippen LogP contribution in [-0.2, 0) is 32.2 Å². The van der Waals surface area contributed by atoms with E-state index in [1.165, 1.54) is 12.1 Å². The number of benzene rings is 1. The predicted molar refractivity (Wildman–Crippen MR) is 243 cm³/mol. The lowest BCUT2D eigenvalue weighted by Crippen LogP contribution is -2.48. The molecule has 348 valence electrons. The summed E-state index contributed by atoms with van der Waals surface area (Å²) in [7, 11) is 0. The maximum absolute atomic E-state index is 15.3. The number of pyridine rings is 1. The van der Waals surface area contributed by atoms with Crippen molar-refractivity contribution in [3.05, 3.63) is 71.6 Å². The summed E-state index contributed by atoms with van der Waals surface area (Å²) in [4.78, 5) is 84.4. The van der Waals surface area contributed by atoms with Gasteiger partial charge in [-0.1, -0.05) is 6.07 Å². The number of fused-ring (bicyclic) bond motifs is 1. The van der Waals surface area contributed by atoms with Crippen LogP contribution >= 0.6 is 11.6 Å². The Labute approximate surface area is 382 Å². The van der Waals surface area contributed by atoms with Crippen LogP contribution in [0, 0.1) is 17.7 Å². The number of ether oxygens (including phenoxy) is 2. The first-order valence-electron chi connectivity index (χ1n) is 22.2. The number of nitrogens with zero attached hydrogens (tertiary/aromatic N) is 6. The van der Waals surface area contributed by atoms with Crippen LogP contribution in [0.25, 0.3) is 27.7 Å². The second-order valence-electron chi connectivity index (χ2n) is 19.1. The number of likely N-dealkylation sites (tertiary alicyclic amines) is 2. The van der Waals surface area contributed by atoms with Crippen molar-refractivity contribution < 1.29 is 42.6 Å². The third kappa shape index (κ3) is 11.3. The van der Waals surface area contributed by atoms with Crippen molar-refractivity contribution in [3.63, 3.8) is 0 Å². The Kier molecular flexibility index (Phi) is 13.9. The maximum Gasteiger partial charge on any atom is 0.407 e. The van der Waals surface area contributed by atoms with Gasteiger partial charge in [-0.2, -0.15) is 0 Å². The van der Waals surface area contributed by atoms with Crippen molar-refractivity contribution >= 4 is 74.4 Å². The Morgan fingerprint density at radius 3 is 1.95 bits per heavy atom. The van der Waals surface area contributed by atoms with E-state index in [9.17, 15) is 28.8 Å². The summed E-state index contributed by atoms with van der Waals surface area (Å²) < 4.78 is 29.5. The molecule has 2 N–H and O–H groups in total. The molecule has 16 nitrogen and oxygen atoms in total. The topological polar surface area (TPSA) is 177 Å². The Morgan fingerprint density at radius 2 is 1.37 bits per heavy atom. The number of imidazole rings is 1. The van der Waals surface area contributed by atoms with Crippen molar-refractivity contribution in [1.82, 2.24) is 39.3 Å². The molecule has 5 amide bonds. The minimum absolute atomic E-state index is 0.110. The number of Topliss-reactive ketones (excluding diaryl/α,β-unsaturated/α-hetero) is 2. The monoisotopic (exact) mass is 916 g/mol. The van der Waals surface area contributed by atoms with E-state index in [1.54, 1.807) is 26.6 Å². The van der Waals surface area contributed by atoms with E-state index in [-0.39, 0.29) is 47.6 Å². The SMILES string of the molecule is CC(C)(C)OC(=O)NCC1CCN(C(=O)Cl)CC1.CC(C)(C)OC(=O)NCC1CCN(C(=O)N2CCn3cc(C4=C(c5cnc6ccccn56)C(=O)CC4=O)c4cc(F)cc(c43)C2)CC1. The van der Waals surface area contributed by atoms with Gasteiger partial charge in [0, 0.05) is 87.8 Å². The predicted octanol–water partition coefficient (Wildman–Crippen LogP) is 7.64. The molecule has 1 aromatic carbocycles. The number of piperidine rings is 2. The zero-order valence-corrected chi connectivity index (χ0v) is 38.6. The lowest BCUT2D eigenvalue weighted by molar-refractivity contribution is -0.119. The highest BCUT2D eigenvalue weighted by atomic mass is 35.5.